The van der Waals surface area contributed by atoms with Crippen molar-refractivity contribution in [3.8, 4) is 0 Å². The number of hydrogen-bond acceptors (Lipinski definition) is 5. The van der Waals surface area contributed by atoms with Crippen molar-refractivity contribution in [2.45, 2.75) is 25.9 Å². The van der Waals surface area contributed by atoms with Crippen LogP contribution in [-0.4, -0.2) is 41.1 Å². The van der Waals surface area contributed by atoms with Gasteiger partial charge in [-0.3, -0.25) is 24.1 Å². The molecular weight excluding hydrogens is 341 g/mol. The Hall–Kier alpha value is -2.83. The molecule has 0 bridgehead atoms. The summed E-state index contributed by atoms with van der Waals surface area (Å²) < 4.78 is 18.0. The quantitative estimate of drug-likeness (QED) is 0.347. The number of allylic oxidation sites excluding steroid dienone is 2. The van der Waals surface area contributed by atoms with Crippen molar-refractivity contribution in [1.82, 2.24) is 4.90 Å². The van der Waals surface area contributed by atoms with Crippen molar-refractivity contribution in [2.75, 3.05) is 6.54 Å². The second kappa shape index (κ2) is 7.19. The summed E-state index contributed by atoms with van der Waals surface area (Å²) in [4.78, 5) is 49.9. The summed E-state index contributed by atoms with van der Waals surface area (Å²) in [5.74, 6) is -3.39. The number of imide groups is 1. The fourth-order valence-corrected chi connectivity index (χ4v) is 3.29. The maximum Gasteiger partial charge on any atom is 0.326 e. The van der Waals surface area contributed by atoms with Crippen LogP contribution in [0.1, 0.15) is 30.1 Å². The third kappa shape index (κ3) is 3.42. The van der Waals surface area contributed by atoms with Gasteiger partial charge in [-0.15, -0.1) is 0 Å². The van der Waals surface area contributed by atoms with Crippen molar-refractivity contribution in [3.63, 3.8) is 0 Å². The van der Waals surface area contributed by atoms with Crippen LogP contribution in [0.15, 0.2) is 36.4 Å². The maximum atomic E-state index is 12.9. The Morgan fingerprint density at radius 2 is 1.65 bits per heavy atom. The molecule has 7 heteroatoms. The summed E-state index contributed by atoms with van der Waals surface area (Å²) in [6, 6.07) is 4.87. The number of Topliss-reactive ketones (excluding diaryl/α,β-unsaturated/α-hetero) is 1. The third-order valence-corrected chi connectivity index (χ3v) is 4.69. The van der Waals surface area contributed by atoms with Crippen LogP contribution in [0.25, 0.3) is 0 Å². The summed E-state index contributed by atoms with van der Waals surface area (Å²) in [5.41, 5.74) is 0.206. The zero-order valence-corrected chi connectivity index (χ0v) is 14.2. The van der Waals surface area contributed by atoms with E-state index < -0.39 is 42.1 Å². The van der Waals surface area contributed by atoms with Crippen molar-refractivity contribution in [3.05, 3.63) is 47.8 Å². The van der Waals surface area contributed by atoms with Gasteiger partial charge >= 0.3 is 5.97 Å². The molecule has 1 aromatic rings. The minimum atomic E-state index is -1.11. The van der Waals surface area contributed by atoms with E-state index in [0.29, 0.717) is 12.8 Å². The number of carbonyl (C=O) groups excluding carboxylic acids is 4. The summed E-state index contributed by atoms with van der Waals surface area (Å²) in [5, 5.41) is 0. The van der Waals surface area contributed by atoms with E-state index in [-0.39, 0.29) is 17.4 Å². The topological polar surface area (TPSA) is 80.8 Å². The van der Waals surface area contributed by atoms with Gasteiger partial charge in [-0.1, -0.05) is 12.2 Å². The second-order valence-corrected chi connectivity index (χ2v) is 6.42. The number of ketones is 1. The summed E-state index contributed by atoms with van der Waals surface area (Å²) in [7, 11) is 0. The normalized spacial score (nSPS) is 22.9. The molecule has 1 saturated heterocycles. The van der Waals surface area contributed by atoms with Gasteiger partial charge in [-0.05, 0) is 44.0 Å². The van der Waals surface area contributed by atoms with Gasteiger partial charge in [0, 0.05) is 5.56 Å². The van der Waals surface area contributed by atoms with Crippen molar-refractivity contribution in [2.24, 2.45) is 11.8 Å². The summed E-state index contributed by atoms with van der Waals surface area (Å²) >= 11 is 0. The summed E-state index contributed by atoms with van der Waals surface area (Å²) in [6.45, 7) is 0.882. The van der Waals surface area contributed by atoms with E-state index in [2.05, 4.69) is 0 Å². The van der Waals surface area contributed by atoms with Crippen molar-refractivity contribution in [1.29, 1.82) is 0 Å². The van der Waals surface area contributed by atoms with E-state index in [4.69, 9.17) is 4.74 Å². The molecule has 6 nitrogen and oxygen atoms in total. The Morgan fingerprint density at radius 3 is 2.19 bits per heavy atom. The fraction of sp³-hybridized carbons (Fsp3) is 0.368. The van der Waals surface area contributed by atoms with E-state index in [1.807, 2.05) is 12.2 Å². The number of ether oxygens (including phenoxy) is 1. The highest BCUT2D eigenvalue weighted by atomic mass is 19.1. The highest BCUT2D eigenvalue weighted by Gasteiger charge is 2.47. The number of amides is 2. The molecule has 1 aliphatic carbocycles. The van der Waals surface area contributed by atoms with Gasteiger partial charge in [-0.25, -0.2) is 4.39 Å². The first kappa shape index (κ1) is 18.0. The molecule has 2 aliphatic rings. The van der Waals surface area contributed by atoms with Crippen molar-refractivity contribution >= 4 is 23.6 Å². The van der Waals surface area contributed by atoms with Gasteiger partial charge in [0.25, 0.3) is 0 Å². The molecule has 0 spiro atoms. The molecule has 3 rings (SSSR count). The molecule has 136 valence electrons. The number of carbonyl (C=O) groups is 4. The van der Waals surface area contributed by atoms with Gasteiger partial charge in [0.05, 0.1) is 11.8 Å². The predicted molar refractivity (Wildman–Crippen MR) is 88.4 cm³/mol. The number of halogens is 1. The average Bonchev–Trinajstić information content (AvgIpc) is 2.87. The van der Waals surface area contributed by atoms with Crippen molar-refractivity contribution < 1.29 is 28.3 Å². The molecule has 0 radical (unpaired) electrons. The fourth-order valence-electron chi connectivity index (χ4n) is 3.29. The Morgan fingerprint density at radius 1 is 1.12 bits per heavy atom. The first-order chi connectivity index (χ1) is 12.4. The molecule has 0 saturated carbocycles. The van der Waals surface area contributed by atoms with E-state index in [1.54, 1.807) is 0 Å². The molecule has 0 aromatic heterocycles. The van der Waals surface area contributed by atoms with Gasteiger partial charge in [0.2, 0.25) is 17.6 Å². The Bertz CT molecular complexity index is 760. The van der Waals surface area contributed by atoms with Crippen LogP contribution in [-0.2, 0) is 19.1 Å². The Labute approximate surface area is 149 Å². The molecule has 1 aromatic carbocycles. The molecule has 3 atom stereocenters. The maximum absolute atomic E-state index is 12.9. The number of rotatable bonds is 5. The lowest BCUT2D eigenvalue weighted by Gasteiger charge is -2.16. The molecule has 0 unspecified atom stereocenters. The van der Waals surface area contributed by atoms with Gasteiger partial charge < -0.3 is 4.74 Å². The Balaban J connectivity index is 1.60. The van der Waals surface area contributed by atoms with Crippen LogP contribution in [0.3, 0.4) is 0 Å². The highest BCUT2D eigenvalue weighted by Crippen LogP contribution is 2.34. The minimum Gasteiger partial charge on any atom is -0.453 e. The number of likely N-dealkylation sites (tertiary alicyclic amines) is 1. The predicted octanol–water partition coefficient (Wildman–Crippen LogP) is 1.89. The smallest absolute Gasteiger partial charge is 0.326 e. The van der Waals surface area contributed by atoms with Gasteiger partial charge in [0.15, 0.2) is 6.10 Å². The van der Waals surface area contributed by atoms with Gasteiger partial charge in [0.1, 0.15) is 12.4 Å². The second-order valence-electron chi connectivity index (χ2n) is 6.42. The zero-order chi connectivity index (χ0) is 18.8. The first-order valence-corrected chi connectivity index (χ1v) is 8.38. The highest BCUT2D eigenvalue weighted by molar-refractivity contribution is 6.07. The average molecular weight is 359 g/mol. The molecule has 2 amide bonds. The molecular formula is C19H18FNO5. The molecule has 26 heavy (non-hydrogen) atoms. The van der Waals surface area contributed by atoms with Crippen LogP contribution in [0.4, 0.5) is 4.39 Å². The summed E-state index contributed by atoms with van der Waals surface area (Å²) in [6.07, 6.45) is 3.58. The monoisotopic (exact) mass is 359 g/mol. The van der Waals surface area contributed by atoms with Crippen LogP contribution in [0.5, 0.6) is 0 Å². The third-order valence-electron chi connectivity index (χ3n) is 4.69. The molecule has 1 fully saturated rings. The minimum absolute atomic E-state index is 0.206. The lowest BCUT2D eigenvalue weighted by molar-refractivity contribution is -0.154. The molecule has 0 N–H and O–H groups in total. The van der Waals surface area contributed by atoms with E-state index in [0.717, 1.165) is 17.0 Å². The van der Waals surface area contributed by atoms with Gasteiger partial charge in [-0.2, -0.15) is 0 Å². The van der Waals surface area contributed by atoms with Crippen LogP contribution >= 0.6 is 0 Å². The number of hydrogen-bond donors (Lipinski definition) is 0. The van der Waals surface area contributed by atoms with E-state index in [1.165, 1.54) is 19.1 Å². The molecule has 1 heterocycles. The van der Waals surface area contributed by atoms with Crippen LogP contribution < -0.4 is 0 Å². The zero-order valence-electron chi connectivity index (χ0n) is 14.2. The number of benzene rings is 1. The standard InChI is InChI=1S/C19H18FNO5/c1-11(17(23)12-6-8-13(20)9-7-12)26-16(22)10-21-18(24)14-4-2-3-5-15(14)19(21)25/h2-3,6-9,11,14-15H,4-5,10H2,1H3/t11-,14+,15+/m1/s1. The lowest BCUT2D eigenvalue weighted by Crippen LogP contribution is -2.38. The number of nitrogens with zero attached hydrogens (tertiary/aromatic N) is 1. The number of esters is 1. The lowest BCUT2D eigenvalue weighted by atomic mass is 9.85. The largest absolute Gasteiger partial charge is 0.453 e. The first-order valence-electron chi connectivity index (χ1n) is 8.38. The van der Waals surface area contributed by atoms with E-state index in [9.17, 15) is 23.6 Å². The van der Waals surface area contributed by atoms with E-state index >= 15 is 0 Å². The van der Waals surface area contributed by atoms with Crippen LogP contribution in [0, 0.1) is 17.7 Å². The van der Waals surface area contributed by atoms with Crippen LogP contribution in [0.2, 0.25) is 0 Å². The molecule has 1 aliphatic heterocycles. The Kier molecular flexibility index (Phi) is 4.97. The SMILES string of the molecule is C[C@@H](OC(=O)CN1C(=O)[C@H]2CC=CC[C@@H]2C1=O)C(=O)c1ccc(F)cc1. The number of fused-ring (bicyclic) bond motifs is 1.